The van der Waals surface area contributed by atoms with E-state index in [1.807, 2.05) is 6.08 Å². The second-order valence-electron chi connectivity index (χ2n) is 3.43. The van der Waals surface area contributed by atoms with Gasteiger partial charge in [-0.2, -0.15) is 0 Å². The lowest BCUT2D eigenvalue weighted by atomic mass is 9.79. The number of carbonyl (C=O) groups excluding carboxylic acids is 1. The molecule has 0 heterocycles. The first-order chi connectivity index (χ1) is 5.77. The molecule has 0 N–H and O–H groups in total. The fraction of sp³-hybridized carbons (Fsp3) is 0.500. The minimum absolute atomic E-state index is 0.396. The fourth-order valence-electron chi connectivity index (χ4n) is 1.91. The Morgan fingerprint density at radius 2 is 2.33 bits per heavy atom. The van der Waals surface area contributed by atoms with Crippen LogP contribution in [0.4, 0.5) is 0 Å². The molecule has 1 saturated carbocycles. The van der Waals surface area contributed by atoms with E-state index in [-0.39, 0.29) is 0 Å². The number of hydrogen-bond acceptors (Lipinski definition) is 1. The van der Waals surface area contributed by atoms with Crippen molar-refractivity contribution in [3.05, 3.63) is 23.8 Å². The van der Waals surface area contributed by atoms with E-state index in [4.69, 9.17) is 0 Å². The van der Waals surface area contributed by atoms with Gasteiger partial charge in [0.1, 0.15) is 5.78 Å². The molecule has 2 aliphatic carbocycles. The van der Waals surface area contributed by atoms with Crippen molar-refractivity contribution in [1.29, 1.82) is 0 Å². The van der Waals surface area contributed by atoms with Gasteiger partial charge < -0.3 is 0 Å². The van der Waals surface area contributed by atoms with Gasteiger partial charge in [-0.15, -0.1) is 0 Å². The third-order valence-electron chi connectivity index (χ3n) is 2.60. The average molecular weight is 227 g/mol. The van der Waals surface area contributed by atoms with Crippen LogP contribution in [0.5, 0.6) is 0 Å². The third kappa shape index (κ3) is 1.40. The van der Waals surface area contributed by atoms with E-state index >= 15 is 0 Å². The van der Waals surface area contributed by atoms with Gasteiger partial charge >= 0.3 is 0 Å². The molecule has 0 radical (unpaired) electrons. The Hall–Kier alpha value is -0.370. The summed E-state index contributed by atoms with van der Waals surface area (Å²) in [6.45, 7) is 0. The molecular formula is C10H11BrO. The lowest BCUT2D eigenvalue weighted by Crippen LogP contribution is -2.24. The maximum absolute atomic E-state index is 11.1. The highest BCUT2D eigenvalue weighted by Crippen LogP contribution is 2.36. The minimum atomic E-state index is 0.396. The Labute approximate surface area is 80.7 Å². The maximum atomic E-state index is 11.1. The van der Waals surface area contributed by atoms with Gasteiger partial charge in [0.15, 0.2) is 0 Å². The Balaban J connectivity index is 2.21. The zero-order valence-electron chi connectivity index (χ0n) is 6.79. The number of halogens is 1. The van der Waals surface area contributed by atoms with Crippen LogP contribution in [-0.4, -0.2) is 10.6 Å². The molecule has 0 aromatic rings. The maximum Gasteiger partial charge on any atom is 0.136 e. The van der Waals surface area contributed by atoms with Gasteiger partial charge in [-0.1, -0.05) is 39.7 Å². The molecule has 2 unspecified atom stereocenters. The SMILES string of the molecule is O=C1CCC2C(=CC=CC2Br)C1. The van der Waals surface area contributed by atoms with Gasteiger partial charge in [-0.05, 0) is 12.3 Å². The van der Waals surface area contributed by atoms with E-state index in [0.29, 0.717) is 22.9 Å². The predicted molar refractivity (Wildman–Crippen MR) is 52.3 cm³/mol. The quantitative estimate of drug-likeness (QED) is 0.581. The van der Waals surface area contributed by atoms with Crippen molar-refractivity contribution in [2.24, 2.45) is 5.92 Å². The van der Waals surface area contributed by atoms with Crippen molar-refractivity contribution in [3.63, 3.8) is 0 Å². The highest BCUT2D eigenvalue weighted by Gasteiger charge is 2.28. The Kier molecular flexibility index (Phi) is 2.18. The number of carbonyl (C=O) groups is 1. The Morgan fingerprint density at radius 3 is 3.17 bits per heavy atom. The molecule has 1 fully saturated rings. The molecule has 0 bridgehead atoms. The Morgan fingerprint density at radius 1 is 1.50 bits per heavy atom. The number of hydrogen-bond donors (Lipinski definition) is 0. The Bertz CT molecular complexity index is 265. The number of rotatable bonds is 0. The summed E-state index contributed by atoms with van der Waals surface area (Å²) in [6.07, 6.45) is 8.76. The van der Waals surface area contributed by atoms with E-state index in [1.165, 1.54) is 5.57 Å². The van der Waals surface area contributed by atoms with Crippen LogP contribution in [0.15, 0.2) is 23.8 Å². The van der Waals surface area contributed by atoms with Crippen molar-refractivity contribution in [3.8, 4) is 0 Å². The number of fused-ring (bicyclic) bond motifs is 1. The summed E-state index contributed by atoms with van der Waals surface area (Å²) in [7, 11) is 0. The normalized spacial score (nSPS) is 34.4. The lowest BCUT2D eigenvalue weighted by Gasteiger charge is -2.29. The van der Waals surface area contributed by atoms with E-state index < -0.39 is 0 Å². The van der Waals surface area contributed by atoms with Crippen LogP contribution in [0.1, 0.15) is 19.3 Å². The molecule has 64 valence electrons. The van der Waals surface area contributed by atoms with Gasteiger partial charge in [-0.25, -0.2) is 0 Å². The fourth-order valence-corrected chi connectivity index (χ4v) is 2.69. The molecule has 2 atom stereocenters. The highest BCUT2D eigenvalue weighted by molar-refractivity contribution is 9.09. The molecule has 2 aliphatic rings. The molecular weight excluding hydrogens is 216 g/mol. The van der Waals surface area contributed by atoms with Crippen molar-refractivity contribution in [2.75, 3.05) is 0 Å². The largest absolute Gasteiger partial charge is 0.299 e. The van der Waals surface area contributed by atoms with Crippen LogP contribution in [-0.2, 0) is 4.79 Å². The summed E-state index contributed by atoms with van der Waals surface area (Å²) < 4.78 is 0. The van der Waals surface area contributed by atoms with Gasteiger partial charge in [0.2, 0.25) is 0 Å². The van der Waals surface area contributed by atoms with E-state index in [1.54, 1.807) is 0 Å². The van der Waals surface area contributed by atoms with Crippen LogP contribution < -0.4 is 0 Å². The standard InChI is InChI=1S/C10H11BrO/c11-10-3-1-2-7-6-8(12)4-5-9(7)10/h1-3,9-10H,4-6H2. The first kappa shape index (κ1) is 8.24. The number of allylic oxidation sites excluding steroid dienone is 4. The zero-order valence-corrected chi connectivity index (χ0v) is 8.38. The van der Waals surface area contributed by atoms with Crippen LogP contribution in [0, 0.1) is 5.92 Å². The van der Waals surface area contributed by atoms with Crippen LogP contribution >= 0.6 is 15.9 Å². The summed E-state index contributed by atoms with van der Waals surface area (Å²) in [4.78, 5) is 11.6. The van der Waals surface area contributed by atoms with Crippen molar-refractivity contribution < 1.29 is 4.79 Å². The molecule has 0 saturated heterocycles. The molecule has 1 nitrogen and oxygen atoms in total. The molecule has 12 heavy (non-hydrogen) atoms. The minimum Gasteiger partial charge on any atom is -0.299 e. The zero-order chi connectivity index (χ0) is 8.55. The smallest absolute Gasteiger partial charge is 0.136 e. The summed E-state index contributed by atoms with van der Waals surface area (Å²) in [5.41, 5.74) is 1.32. The molecule has 0 spiro atoms. The number of ketones is 1. The number of alkyl halides is 1. The first-order valence-electron chi connectivity index (χ1n) is 4.30. The molecule has 2 rings (SSSR count). The second kappa shape index (κ2) is 3.17. The van der Waals surface area contributed by atoms with Crippen LogP contribution in [0.2, 0.25) is 0 Å². The van der Waals surface area contributed by atoms with Crippen molar-refractivity contribution >= 4 is 21.7 Å². The molecule has 0 aromatic carbocycles. The van der Waals surface area contributed by atoms with Gasteiger partial charge in [0.05, 0.1) is 0 Å². The van der Waals surface area contributed by atoms with E-state index in [9.17, 15) is 4.79 Å². The van der Waals surface area contributed by atoms with Crippen molar-refractivity contribution in [1.82, 2.24) is 0 Å². The second-order valence-corrected chi connectivity index (χ2v) is 4.49. The van der Waals surface area contributed by atoms with Gasteiger partial charge in [0, 0.05) is 17.7 Å². The van der Waals surface area contributed by atoms with Crippen molar-refractivity contribution in [2.45, 2.75) is 24.1 Å². The van der Waals surface area contributed by atoms with Crippen LogP contribution in [0.25, 0.3) is 0 Å². The van der Waals surface area contributed by atoms with Crippen LogP contribution in [0.3, 0.4) is 0 Å². The van der Waals surface area contributed by atoms with E-state index in [0.717, 1.165) is 12.8 Å². The molecule has 0 amide bonds. The lowest BCUT2D eigenvalue weighted by molar-refractivity contribution is -0.119. The molecule has 0 aliphatic heterocycles. The number of Topliss-reactive ketones (excluding diaryl/α,β-unsaturated/α-hetero) is 1. The summed E-state index contributed by atoms with van der Waals surface area (Å²) in [6, 6.07) is 0. The summed E-state index contributed by atoms with van der Waals surface area (Å²) in [5, 5.41) is 0. The highest BCUT2D eigenvalue weighted by atomic mass is 79.9. The van der Waals surface area contributed by atoms with E-state index in [2.05, 4.69) is 28.1 Å². The molecule has 2 heteroatoms. The topological polar surface area (TPSA) is 17.1 Å². The summed E-state index contributed by atoms with van der Waals surface area (Å²) >= 11 is 3.61. The first-order valence-corrected chi connectivity index (χ1v) is 5.22. The third-order valence-corrected chi connectivity index (χ3v) is 3.54. The average Bonchev–Trinajstić information content (AvgIpc) is 2.04. The summed E-state index contributed by atoms with van der Waals surface area (Å²) in [5.74, 6) is 0.972. The van der Waals surface area contributed by atoms with Gasteiger partial charge in [0.25, 0.3) is 0 Å². The molecule has 0 aromatic heterocycles. The van der Waals surface area contributed by atoms with Gasteiger partial charge in [-0.3, -0.25) is 4.79 Å². The monoisotopic (exact) mass is 226 g/mol. The predicted octanol–water partition coefficient (Wildman–Crippen LogP) is 2.62.